The molecule has 1 aliphatic heterocycles. The third-order valence-corrected chi connectivity index (χ3v) is 2.83. The monoisotopic (exact) mass is 189 g/mol. The Hall–Kier alpha value is -1.15. The van der Waals surface area contributed by atoms with Crippen LogP contribution in [0.2, 0.25) is 0 Å². The normalized spacial score (nSPS) is 16.3. The van der Waals surface area contributed by atoms with Crippen molar-refractivity contribution in [1.82, 2.24) is 0 Å². The Balaban J connectivity index is 2.33. The van der Waals surface area contributed by atoms with Crippen LogP contribution in [0.3, 0.4) is 0 Å². The zero-order valence-electron chi connectivity index (χ0n) is 7.23. The highest BCUT2D eigenvalue weighted by molar-refractivity contribution is 8.02. The van der Waals surface area contributed by atoms with Crippen LogP contribution in [0, 0.1) is 0 Å². The summed E-state index contributed by atoms with van der Waals surface area (Å²) in [5.74, 6) is 0.913. The van der Waals surface area contributed by atoms with E-state index in [9.17, 15) is 0 Å². The summed E-state index contributed by atoms with van der Waals surface area (Å²) >= 11 is 1.75. The van der Waals surface area contributed by atoms with E-state index in [2.05, 4.69) is 17.5 Å². The van der Waals surface area contributed by atoms with Crippen LogP contribution in [-0.2, 0) is 0 Å². The Morgan fingerprint density at radius 2 is 1.92 bits per heavy atom. The predicted octanol–water partition coefficient (Wildman–Crippen LogP) is 2.62. The van der Waals surface area contributed by atoms with E-state index in [0.29, 0.717) is 0 Å². The van der Waals surface area contributed by atoms with E-state index in [0.717, 1.165) is 11.4 Å². The molecule has 0 spiro atoms. The lowest BCUT2D eigenvalue weighted by molar-refractivity contribution is 1.33. The highest BCUT2D eigenvalue weighted by Crippen LogP contribution is 2.25. The molecule has 2 heteroatoms. The van der Waals surface area contributed by atoms with Gasteiger partial charge >= 0.3 is 0 Å². The van der Waals surface area contributed by atoms with Gasteiger partial charge in [0.2, 0.25) is 0 Å². The molecule has 66 valence electrons. The second-order valence-electron chi connectivity index (χ2n) is 2.97. The van der Waals surface area contributed by atoms with E-state index in [4.69, 9.17) is 5.73 Å². The van der Waals surface area contributed by atoms with Crippen molar-refractivity contribution in [3.8, 4) is 0 Å². The fraction of sp³-hybridized carbons (Fsp3) is 0.0909. The second kappa shape index (κ2) is 3.71. The topological polar surface area (TPSA) is 26.0 Å². The Kier molecular flexibility index (Phi) is 2.41. The number of thioether (sulfide) groups is 1. The Morgan fingerprint density at radius 1 is 1.15 bits per heavy atom. The van der Waals surface area contributed by atoms with Gasteiger partial charge in [-0.1, -0.05) is 30.3 Å². The predicted molar refractivity (Wildman–Crippen MR) is 59.1 cm³/mol. The standard InChI is InChI=1S/C11H11NS/c12-11-6-10(7-13-8-11)9-4-2-1-3-5-9/h1-7H,8,12H2. The lowest BCUT2D eigenvalue weighted by atomic mass is 10.1. The van der Waals surface area contributed by atoms with Crippen molar-refractivity contribution in [3.05, 3.63) is 53.1 Å². The quantitative estimate of drug-likeness (QED) is 0.735. The van der Waals surface area contributed by atoms with E-state index < -0.39 is 0 Å². The van der Waals surface area contributed by atoms with Crippen molar-refractivity contribution in [2.24, 2.45) is 5.73 Å². The largest absolute Gasteiger partial charge is 0.401 e. The zero-order chi connectivity index (χ0) is 9.10. The molecule has 0 atom stereocenters. The van der Waals surface area contributed by atoms with Gasteiger partial charge in [0, 0.05) is 11.4 Å². The van der Waals surface area contributed by atoms with Crippen molar-refractivity contribution in [2.45, 2.75) is 0 Å². The van der Waals surface area contributed by atoms with Crippen LogP contribution in [0.1, 0.15) is 5.56 Å². The van der Waals surface area contributed by atoms with Crippen molar-refractivity contribution in [2.75, 3.05) is 5.75 Å². The summed E-state index contributed by atoms with van der Waals surface area (Å²) < 4.78 is 0. The molecule has 1 aromatic carbocycles. The fourth-order valence-corrected chi connectivity index (χ4v) is 2.03. The molecule has 2 N–H and O–H groups in total. The molecular weight excluding hydrogens is 178 g/mol. The van der Waals surface area contributed by atoms with Gasteiger partial charge in [0.15, 0.2) is 0 Å². The van der Waals surface area contributed by atoms with Gasteiger partial charge in [-0.05, 0) is 22.6 Å². The number of benzene rings is 1. The van der Waals surface area contributed by atoms with Crippen LogP contribution in [0.25, 0.3) is 5.57 Å². The van der Waals surface area contributed by atoms with E-state index in [1.807, 2.05) is 24.3 Å². The first-order valence-corrected chi connectivity index (χ1v) is 5.24. The summed E-state index contributed by atoms with van der Waals surface area (Å²) in [5, 5.41) is 2.16. The highest BCUT2D eigenvalue weighted by atomic mass is 32.2. The highest BCUT2D eigenvalue weighted by Gasteiger charge is 2.03. The van der Waals surface area contributed by atoms with Gasteiger partial charge in [-0.25, -0.2) is 0 Å². The number of hydrogen-bond acceptors (Lipinski definition) is 2. The molecule has 2 rings (SSSR count). The summed E-state index contributed by atoms with van der Waals surface area (Å²) in [7, 11) is 0. The van der Waals surface area contributed by atoms with Gasteiger partial charge in [0.05, 0.1) is 0 Å². The Morgan fingerprint density at radius 3 is 2.62 bits per heavy atom. The number of rotatable bonds is 1. The number of hydrogen-bond donors (Lipinski definition) is 1. The first-order valence-electron chi connectivity index (χ1n) is 4.19. The summed E-state index contributed by atoms with van der Waals surface area (Å²) in [5.41, 5.74) is 9.16. The molecule has 1 aromatic rings. The lowest BCUT2D eigenvalue weighted by Gasteiger charge is -2.09. The average molecular weight is 189 g/mol. The SMILES string of the molecule is NC1=CC(c2ccccc2)=CSC1. The number of nitrogens with two attached hydrogens (primary N) is 1. The van der Waals surface area contributed by atoms with Gasteiger partial charge < -0.3 is 5.73 Å². The van der Waals surface area contributed by atoms with E-state index in [1.54, 1.807) is 11.8 Å². The molecule has 0 fully saturated rings. The Bertz CT molecular complexity index is 352. The minimum atomic E-state index is 0.913. The summed E-state index contributed by atoms with van der Waals surface area (Å²) in [6, 6.07) is 10.3. The van der Waals surface area contributed by atoms with Crippen molar-refractivity contribution in [3.63, 3.8) is 0 Å². The van der Waals surface area contributed by atoms with Crippen LogP contribution in [-0.4, -0.2) is 5.75 Å². The minimum Gasteiger partial charge on any atom is -0.401 e. The van der Waals surface area contributed by atoms with E-state index in [-0.39, 0.29) is 0 Å². The molecule has 13 heavy (non-hydrogen) atoms. The molecule has 0 aromatic heterocycles. The van der Waals surface area contributed by atoms with Crippen LogP contribution in [0.15, 0.2) is 47.5 Å². The maximum Gasteiger partial charge on any atom is 0.0372 e. The Labute approximate surface area is 82.3 Å². The fourth-order valence-electron chi connectivity index (χ4n) is 1.29. The molecular formula is C11H11NS. The van der Waals surface area contributed by atoms with Crippen molar-refractivity contribution in [1.29, 1.82) is 0 Å². The summed E-state index contributed by atoms with van der Waals surface area (Å²) in [4.78, 5) is 0. The average Bonchev–Trinajstić information content (AvgIpc) is 2.19. The first-order chi connectivity index (χ1) is 6.36. The first kappa shape index (κ1) is 8.45. The van der Waals surface area contributed by atoms with Gasteiger partial charge in [0.25, 0.3) is 0 Å². The molecule has 0 radical (unpaired) electrons. The summed E-state index contributed by atoms with van der Waals surface area (Å²) in [6.45, 7) is 0. The minimum absolute atomic E-state index is 0.913. The van der Waals surface area contributed by atoms with E-state index >= 15 is 0 Å². The molecule has 0 bridgehead atoms. The number of allylic oxidation sites excluding steroid dienone is 2. The molecule has 0 aliphatic carbocycles. The van der Waals surface area contributed by atoms with Crippen LogP contribution in [0.5, 0.6) is 0 Å². The van der Waals surface area contributed by atoms with Gasteiger partial charge in [-0.3, -0.25) is 0 Å². The van der Waals surface area contributed by atoms with E-state index in [1.165, 1.54) is 11.1 Å². The molecule has 0 amide bonds. The third-order valence-electron chi connectivity index (χ3n) is 1.91. The molecule has 1 aliphatic rings. The molecule has 1 heterocycles. The molecule has 0 saturated heterocycles. The van der Waals surface area contributed by atoms with Gasteiger partial charge in [-0.2, -0.15) is 0 Å². The maximum atomic E-state index is 5.76. The van der Waals surface area contributed by atoms with Crippen molar-refractivity contribution >= 4 is 17.3 Å². The second-order valence-corrected chi connectivity index (χ2v) is 3.83. The molecule has 0 saturated carbocycles. The van der Waals surface area contributed by atoms with Crippen LogP contribution in [0.4, 0.5) is 0 Å². The van der Waals surface area contributed by atoms with Gasteiger partial charge in [-0.15, -0.1) is 11.8 Å². The smallest absolute Gasteiger partial charge is 0.0372 e. The molecule has 0 unspecified atom stereocenters. The van der Waals surface area contributed by atoms with Gasteiger partial charge in [0.1, 0.15) is 0 Å². The van der Waals surface area contributed by atoms with Crippen LogP contribution >= 0.6 is 11.8 Å². The maximum absolute atomic E-state index is 5.76. The third kappa shape index (κ3) is 1.95. The van der Waals surface area contributed by atoms with Crippen LogP contribution < -0.4 is 5.73 Å². The molecule has 1 nitrogen and oxygen atoms in total. The van der Waals surface area contributed by atoms with Crippen molar-refractivity contribution < 1.29 is 0 Å². The zero-order valence-corrected chi connectivity index (χ0v) is 8.05. The lowest BCUT2D eigenvalue weighted by Crippen LogP contribution is -2.02. The summed E-state index contributed by atoms with van der Waals surface area (Å²) in [6.07, 6.45) is 2.05.